The summed E-state index contributed by atoms with van der Waals surface area (Å²) in [5.41, 5.74) is -0.531. The lowest BCUT2D eigenvalue weighted by Gasteiger charge is -2.12. The van der Waals surface area contributed by atoms with Gasteiger partial charge in [0.25, 0.3) is 11.5 Å². The van der Waals surface area contributed by atoms with E-state index in [1.807, 2.05) is 18.2 Å². The number of carbonyl (C=O) groups excluding carboxylic acids is 3. The van der Waals surface area contributed by atoms with Gasteiger partial charge in [0.1, 0.15) is 12.4 Å². The number of hydrogen-bond acceptors (Lipinski definition) is 7. The monoisotopic (exact) mass is 386 g/mol. The van der Waals surface area contributed by atoms with Crippen molar-refractivity contribution in [3.8, 4) is 5.75 Å². The molecule has 0 unspecified atom stereocenters. The number of para-hydroxylation sites is 1. The van der Waals surface area contributed by atoms with Gasteiger partial charge in [-0.2, -0.15) is 5.10 Å². The second kappa shape index (κ2) is 8.80. The van der Waals surface area contributed by atoms with E-state index < -0.39 is 30.1 Å². The number of amides is 3. The van der Waals surface area contributed by atoms with Crippen LogP contribution < -0.4 is 15.6 Å². The quantitative estimate of drug-likeness (QED) is 0.667. The first-order valence-electron chi connectivity index (χ1n) is 8.56. The molecule has 1 saturated heterocycles. The molecule has 0 radical (unpaired) electrons. The lowest BCUT2D eigenvalue weighted by atomic mass is 10.3. The van der Waals surface area contributed by atoms with Crippen LogP contribution >= 0.6 is 0 Å². The molecule has 3 rings (SSSR count). The molecule has 1 N–H and O–H groups in total. The zero-order chi connectivity index (χ0) is 19.9. The minimum Gasteiger partial charge on any atom is -0.492 e. The Morgan fingerprint density at radius 2 is 1.89 bits per heavy atom. The van der Waals surface area contributed by atoms with Crippen LogP contribution in [0.5, 0.6) is 5.75 Å². The number of aromatic nitrogens is 2. The maximum absolute atomic E-state index is 12.1. The van der Waals surface area contributed by atoms with Gasteiger partial charge in [-0.1, -0.05) is 18.2 Å². The number of benzene rings is 1. The fourth-order valence-electron chi connectivity index (χ4n) is 2.47. The van der Waals surface area contributed by atoms with Crippen LogP contribution in [-0.2, 0) is 16.1 Å². The van der Waals surface area contributed by atoms with Gasteiger partial charge < -0.3 is 14.8 Å². The van der Waals surface area contributed by atoms with E-state index in [-0.39, 0.29) is 25.4 Å². The number of ether oxygens (including phenoxy) is 2. The van der Waals surface area contributed by atoms with Gasteiger partial charge in [-0.15, -0.1) is 0 Å². The fraction of sp³-hybridized carbons (Fsp3) is 0.278. The molecule has 3 amide bonds. The molecule has 10 nitrogen and oxygen atoms in total. The molecule has 0 bridgehead atoms. The molecule has 2 heterocycles. The Morgan fingerprint density at radius 1 is 1.11 bits per heavy atom. The third-order valence-corrected chi connectivity index (χ3v) is 3.88. The predicted octanol–water partition coefficient (Wildman–Crippen LogP) is 0.0309. The zero-order valence-electron chi connectivity index (χ0n) is 14.9. The molecule has 1 aromatic heterocycles. The van der Waals surface area contributed by atoms with Crippen molar-refractivity contribution in [2.45, 2.75) is 6.54 Å². The molecule has 1 fully saturated rings. The van der Waals surface area contributed by atoms with Gasteiger partial charge in [0.05, 0.1) is 6.54 Å². The van der Waals surface area contributed by atoms with Crippen LogP contribution in [-0.4, -0.2) is 58.9 Å². The van der Waals surface area contributed by atoms with E-state index in [0.29, 0.717) is 12.3 Å². The summed E-state index contributed by atoms with van der Waals surface area (Å²) in [5.74, 6) is -0.853. The first-order chi connectivity index (χ1) is 13.5. The number of nitrogens with one attached hydrogen (secondary N) is 1. The highest BCUT2D eigenvalue weighted by atomic mass is 16.5. The molecular weight excluding hydrogens is 368 g/mol. The van der Waals surface area contributed by atoms with Gasteiger partial charge in [0.15, 0.2) is 12.3 Å². The van der Waals surface area contributed by atoms with Crippen molar-refractivity contribution in [3.63, 3.8) is 0 Å². The highest BCUT2D eigenvalue weighted by Crippen LogP contribution is 2.08. The Labute approximate surface area is 159 Å². The van der Waals surface area contributed by atoms with Gasteiger partial charge in [0, 0.05) is 19.2 Å². The van der Waals surface area contributed by atoms with E-state index in [4.69, 9.17) is 9.47 Å². The lowest BCUT2D eigenvalue weighted by molar-refractivity contribution is -0.130. The van der Waals surface area contributed by atoms with Crippen LogP contribution in [0.3, 0.4) is 0 Å². The Morgan fingerprint density at radius 3 is 2.61 bits per heavy atom. The fourth-order valence-corrected chi connectivity index (χ4v) is 2.47. The molecular formula is C18H18N4O6. The van der Waals surface area contributed by atoms with Crippen molar-refractivity contribution in [1.29, 1.82) is 0 Å². The first-order valence-corrected chi connectivity index (χ1v) is 8.56. The van der Waals surface area contributed by atoms with Crippen LogP contribution in [0.15, 0.2) is 47.3 Å². The molecule has 2 aromatic rings. The second-order valence-corrected chi connectivity index (χ2v) is 5.79. The maximum Gasteiger partial charge on any atom is 0.359 e. The molecule has 0 aliphatic carbocycles. The van der Waals surface area contributed by atoms with Crippen LogP contribution in [0.25, 0.3) is 0 Å². The highest BCUT2D eigenvalue weighted by molar-refractivity contribution is 5.97. The van der Waals surface area contributed by atoms with Crippen molar-refractivity contribution >= 4 is 17.9 Å². The van der Waals surface area contributed by atoms with E-state index in [0.717, 1.165) is 9.58 Å². The molecule has 10 heteroatoms. The Kier molecular flexibility index (Phi) is 6.00. The van der Waals surface area contributed by atoms with E-state index in [9.17, 15) is 19.2 Å². The third kappa shape index (κ3) is 4.72. The normalized spacial score (nSPS) is 13.1. The number of nitrogens with zero attached hydrogens (tertiary/aromatic N) is 3. The number of urea groups is 1. The molecule has 1 aromatic carbocycles. The summed E-state index contributed by atoms with van der Waals surface area (Å²) in [6, 6.07) is 10.9. The summed E-state index contributed by atoms with van der Waals surface area (Å²) in [4.78, 5) is 48.3. The van der Waals surface area contributed by atoms with Gasteiger partial charge >= 0.3 is 12.0 Å². The van der Waals surface area contributed by atoms with E-state index >= 15 is 0 Å². The lowest BCUT2D eigenvalue weighted by Crippen LogP contribution is -2.37. The Balaban J connectivity index is 1.55. The summed E-state index contributed by atoms with van der Waals surface area (Å²) >= 11 is 0. The van der Waals surface area contributed by atoms with Gasteiger partial charge in [-0.3, -0.25) is 14.5 Å². The molecule has 0 spiro atoms. The summed E-state index contributed by atoms with van der Waals surface area (Å²) in [6.45, 7) is 0.291. The van der Waals surface area contributed by atoms with Crippen LogP contribution in [0.2, 0.25) is 0 Å². The van der Waals surface area contributed by atoms with Crippen molar-refractivity contribution in [2.24, 2.45) is 0 Å². The second-order valence-electron chi connectivity index (χ2n) is 5.79. The average Bonchev–Trinajstić information content (AvgIpc) is 3.14. The number of imide groups is 1. The standard InChI is InChI=1S/C18H18N4O6/c23-15-7-6-14(17(25)28-12-16(24)21-9-8-19-18(21)26)20-22(15)10-11-27-13-4-2-1-3-5-13/h1-7H,8-12H2,(H,19,26). The van der Waals surface area contributed by atoms with E-state index in [1.54, 1.807) is 12.1 Å². The summed E-state index contributed by atoms with van der Waals surface area (Å²) in [7, 11) is 0. The van der Waals surface area contributed by atoms with Crippen LogP contribution in [0.4, 0.5) is 4.79 Å². The maximum atomic E-state index is 12.1. The van der Waals surface area contributed by atoms with Gasteiger partial charge in [-0.05, 0) is 18.2 Å². The minimum absolute atomic E-state index is 0.127. The van der Waals surface area contributed by atoms with Crippen molar-refractivity contribution in [1.82, 2.24) is 20.0 Å². The van der Waals surface area contributed by atoms with Crippen molar-refractivity contribution in [3.05, 3.63) is 58.5 Å². The Bertz CT molecular complexity index is 927. The summed E-state index contributed by atoms with van der Waals surface area (Å²) in [5, 5.41) is 6.42. The third-order valence-electron chi connectivity index (χ3n) is 3.88. The highest BCUT2D eigenvalue weighted by Gasteiger charge is 2.27. The van der Waals surface area contributed by atoms with Crippen molar-refractivity contribution in [2.75, 3.05) is 26.3 Å². The minimum atomic E-state index is -0.870. The topological polar surface area (TPSA) is 120 Å². The molecule has 1 aliphatic rings. The van der Waals surface area contributed by atoms with Gasteiger partial charge in [-0.25, -0.2) is 14.3 Å². The van der Waals surface area contributed by atoms with E-state index in [2.05, 4.69) is 10.4 Å². The van der Waals surface area contributed by atoms with Crippen LogP contribution in [0, 0.1) is 0 Å². The first kappa shape index (κ1) is 19.1. The zero-order valence-corrected chi connectivity index (χ0v) is 14.9. The molecule has 1 aliphatic heterocycles. The smallest absolute Gasteiger partial charge is 0.359 e. The molecule has 146 valence electrons. The SMILES string of the molecule is O=C(OCC(=O)N1CCNC1=O)c1ccc(=O)n(CCOc2ccccc2)n1. The number of hydrogen-bond donors (Lipinski definition) is 1. The largest absolute Gasteiger partial charge is 0.492 e. The number of esters is 1. The predicted molar refractivity (Wildman–Crippen MR) is 95.8 cm³/mol. The average molecular weight is 386 g/mol. The van der Waals surface area contributed by atoms with Gasteiger partial charge in [0.2, 0.25) is 0 Å². The molecule has 28 heavy (non-hydrogen) atoms. The molecule has 0 atom stereocenters. The summed E-state index contributed by atoms with van der Waals surface area (Å²) < 4.78 is 11.5. The molecule has 0 saturated carbocycles. The number of carbonyl (C=O) groups is 3. The number of rotatable bonds is 7. The van der Waals surface area contributed by atoms with E-state index in [1.165, 1.54) is 12.1 Å². The van der Waals surface area contributed by atoms with Crippen molar-refractivity contribution < 1.29 is 23.9 Å². The summed E-state index contributed by atoms with van der Waals surface area (Å²) in [6.07, 6.45) is 0. The van der Waals surface area contributed by atoms with Crippen LogP contribution in [0.1, 0.15) is 10.5 Å². The Hall–Kier alpha value is -3.69.